The Morgan fingerprint density at radius 2 is 1.68 bits per heavy atom. The number of hydrogen-bond acceptors (Lipinski definition) is 3. The zero-order chi connectivity index (χ0) is 13.5. The molecule has 0 spiro atoms. The van der Waals surface area contributed by atoms with E-state index in [-0.39, 0.29) is 4.90 Å². The van der Waals surface area contributed by atoms with Crippen LogP contribution in [-0.2, 0) is 10.1 Å². The van der Waals surface area contributed by atoms with Crippen LogP contribution in [0, 0.1) is 0 Å². The average Bonchev–Trinajstić information content (AvgIpc) is 2.81. The van der Waals surface area contributed by atoms with Crippen molar-refractivity contribution in [1.82, 2.24) is 4.98 Å². The molecule has 0 radical (unpaired) electrons. The van der Waals surface area contributed by atoms with E-state index in [0.717, 1.165) is 11.0 Å². The van der Waals surface area contributed by atoms with E-state index in [1.165, 1.54) is 12.1 Å². The average molecular weight is 274 g/mol. The summed E-state index contributed by atoms with van der Waals surface area (Å²) in [6.45, 7) is 0. The maximum atomic E-state index is 11.3. The van der Waals surface area contributed by atoms with Crippen LogP contribution in [0.15, 0.2) is 53.4 Å². The molecule has 3 rings (SSSR count). The molecule has 6 heteroatoms. The van der Waals surface area contributed by atoms with Gasteiger partial charge in [0.25, 0.3) is 5.82 Å². The smallest absolute Gasteiger partial charge is 0.286 e. The Balaban J connectivity index is 2.27. The summed E-state index contributed by atoms with van der Waals surface area (Å²) in [5.41, 5.74) is 2.03. The molecule has 2 aromatic carbocycles. The number of aromatic amines is 2. The van der Waals surface area contributed by atoms with E-state index in [4.69, 9.17) is 0 Å². The molecule has 1 heterocycles. The van der Waals surface area contributed by atoms with Crippen LogP contribution in [0.3, 0.4) is 0 Å². The van der Waals surface area contributed by atoms with Gasteiger partial charge in [-0.25, -0.2) is 18.4 Å². The first-order valence-corrected chi connectivity index (χ1v) is 7.02. The van der Waals surface area contributed by atoms with Gasteiger partial charge < -0.3 is 4.55 Å². The molecule has 3 aromatic rings. The van der Waals surface area contributed by atoms with Crippen LogP contribution in [0.4, 0.5) is 0 Å². The molecule has 0 bridgehead atoms. The Bertz CT molecular complexity index is 820. The van der Waals surface area contributed by atoms with Gasteiger partial charge in [-0.3, -0.25) is 0 Å². The summed E-state index contributed by atoms with van der Waals surface area (Å²) in [4.78, 5) is 5.89. The van der Waals surface area contributed by atoms with Gasteiger partial charge in [-0.05, 0) is 24.3 Å². The molecule has 0 amide bonds. The lowest BCUT2D eigenvalue weighted by Crippen LogP contribution is -2.07. The number of fused-ring (bicyclic) bond motifs is 1. The number of aromatic nitrogens is 2. The van der Waals surface area contributed by atoms with Gasteiger partial charge in [0.15, 0.2) is 11.0 Å². The second kappa shape index (κ2) is 4.18. The fourth-order valence-electron chi connectivity index (χ4n) is 2.03. The number of H-pyrrole nitrogens is 2. The molecule has 5 nitrogen and oxygen atoms in total. The van der Waals surface area contributed by atoms with Crippen LogP contribution in [0.2, 0.25) is 0 Å². The minimum Gasteiger partial charge on any atom is -0.744 e. The fourth-order valence-corrected chi connectivity index (χ4v) is 2.71. The van der Waals surface area contributed by atoms with Crippen molar-refractivity contribution in [3.8, 4) is 11.4 Å². The van der Waals surface area contributed by atoms with Gasteiger partial charge in [0.05, 0.1) is 10.5 Å². The number of hydrogen-bond donors (Lipinski definition) is 1. The van der Waals surface area contributed by atoms with Gasteiger partial charge >= 0.3 is 0 Å². The largest absolute Gasteiger partial charge is 0.744 e. The number of nitrogens with one attached hydrogen (secondary N) is 2. The zero-order valence-electron chi connectivity index (χ0n) is 9.75. The van der Waals surface area contributed by atoms with Crippen LogP contribution in [0.5, 0.6) is 0 Å². The molecule has 19 heavy (non-hydrogen) atoms. The van der Waals surface area contributed by atoms with Crippen LogP contribution >= 0.6 is 0 Å². The summed E-state index contributed by atoms with van der Waals surface area (Å²) in [5.74, 6) is 0.497. The monoisotopic (exact) mass is 274 g/mol. The van der Waals surface area contributed by atoms with E-state index in [9.17, 15) is 13.0 Å². The normalized spacial score (nSPS) is 11.8. The van der Waals surface area contributed by atoms with Crippen LogP contribution in [0.25, 0.3) is 22.4 Å². The first kappa shape index (κ1) is 11.9. The van der Waals surface area contributed by atoms with Crippen molar-refractivity contribution in [2.24, 2.45) is 0 Å². The predicted molar refractivity (Wildman–Crippen MR) is 68.3 cm³/mol. The van der Waals surface area contributed by atoms with Gasteiger partial charge in [-0.2, -0.15) is 0 Å². The molecular weight excluding hydrogens is 264 g/mol. The highest BCUT2D eigenvalue weighted by molar-refractivity contribution is 7.85. The topological polar surface area (TPSA) is 87.1 Å². The van der Waals surface area contributed by atoms with Crippen molar-refractivity contribution < 1.29 is 18.0 Å². The zero-order valence-corrected chi connectivity index (χ0v) is 10.6. The van der Waals surface area contributed by atoms with E-state index < -0.39 is 10.1 Å². The third-order valence-corrected chi connectivity index (χ3v) is 3.77. The molecule has 0 unspecified atom stereocenters. The summed E-state index contributed by atoms with van der Waals surface area (Å²) in [5, 5.41) is 0. The van der Waals surface area contributed by atoms with Crippen LogP contribution in [-0.4, -0.2) is 18.0 Å². The molecule has 0 saturated heterocycles. The van der Waals surface area contributed by atoms with E-state index in [1.807, 2.05) is 24.3 Å². The van der Waals surface area contributed by atoms with Crippen LogP contribution < -0.4 is 4.98 Å². The summed E-state index contributed by atoms with van der Waals surface area (Å²) in [6.07, 6.45) is 0. The first-order valence-electron chi connectivity index (χ1n) is 5.61. The Morgan fingerprint density at radius 3 is 2.42 bits per heavy atom. The van der Waals surface area contributed by atoms with Gasteiger partial charge in [0, 0.05) is 0 Å². The Kier molecular flexibility index (Phi) is 2.62. The lowest BCUT2D eigenvalue weighted by molar-refractivity contribution is -0.330. The van der Waals surface area contributed by atoms with Crippen molar-refractivity contribution in [2.45, 2.75) is 4.90 Å². The second-order valence-electron chi connectivity index (χ2n) is 4.12. The van der Waals surface area contributed by atoms with E-state index in [1.54, 1.807) is 12.1 Å². The quantitative estimate of drug-likeness (QED) is 0.719. The molecule has 0 aliphatic rings. The number of imidazole rings is 1. The maximum absolute atomic E-state index is 11.3. The molecule has 96 valence electrons. The molecule has 2 N–H and O–H groups in total. The molecule has 0 saturated carbocycles. The van der Waals surface area contributed by atoms with E-state index >= 15 is 0 Å². The van der Waals surface area contributed by atoms with E-state index in [2.05, 4.69) is 9.97 Å². The number of rotatable bonds is 2. The van der Waals surface area contributed by atoms with Crippen LogP contribution in [0.1, 0.15) is 0 Å². The lowest BCUT2D eigenvalue weighted by atomic mass is 10.2. The molecule has 0 atom stereocenters. The third-order valence-electron chi connectivity index (χ3n) is 2.87. The minimum atomic E-state index is -4.51. The Morgan fingerprint density at radius 1 is 1.00 bits per heavy atom. The van der Waals surface area contributed by atoms with Gasteiger partial charge in [0.2, 0.25) is 0 Å². The van der Waals surface area contributed by atoms with Gasteiger partial charge in [-0.15, -0.1) is 0 Å². The number of benzene rings is 2. The third kappa shape index (κ3) is 2.11. The highest BCUT2D eigenvalue weighted by atomic mass is 32.2. The predicted octanol–water partition coefficient (Wildman–Crippen LogP) is 1.55. The van der Waals surface area contributed by atoms with Crippen molar-refractivity contribution in [2.75, 3.05) is 0 Å². The molecule has 1 aromatic heterocycles. The Hall–Kier alpha value is -2.18. The highest BCUT2D eigenvalue weighted by Crippen LogP contribution is 2.24. The molecule has 0 fully saturated rings. The minimum absolute atomic E-state index is 0.238. The molecular formula is C13H10N2O3S. The molecule has 0 aliphatic heterocycles. The highest BCUT2D eigenvalue weighted by Gasteiger charge is 2.18. The lowest BCUT2D eigenvalue weighted by Gasteiger charge is -2.08. The van der Waals surface area contributed by atoms with Crippen molar-refractivity contribution >= 4 is 21.2 Å². The number of para-hydroxylation sites is 2. The SMILES string of the molecule is O=S(=O)([O-])c1ccccc1-c1[nH]c2ccccc2[nH+]1. The van der Waals surface area contributed by atoms with Crippen molar-refractivity contribution in [3.05, 3.63) is 48.5 Å². The molecule has 0 aliphatic carbocycles. The van der Waals surface area contributed by atoms with Gasteiger partial charge in [0.1, 0.15) is 10.1 Å². The fraction of sp³-hybridized carbons (Fsp3) is 0. The second-order valence-corrected chi connectivity index (χ2v) is 5.47. The Labute approximate surface area is 109 Å². The van der Waals surface area contributed by atoms with Crippen molar-refractivity contribution in [3.63, 3.8) is 0 Å². The summed E-state index contributed by atoms with van der Waals surface area (Å²) >= 11 is 0. The first-order chi connectivity index (χ1) is 9.05. The summed E-state index contributed by atoms with van der Waals surface area (Å²) in [7, 11) is -4.51. The summed E-state index contributed by atoms with van der Waals surface area (Å²) in [6, 6.07) is 13.6. The standard InChI is InChI=1S/C13H10N2O3S/c16-19(17,18)12-8-4-1-5-9(12)13-14-10-6-2-3-7-11(10)15-13/h1-8H,(H,14,15)(H,16,17,18). The van der Waals surface area contributed by atoms with Crippen molar-refractivity contribution in [1.29, 1.82) is 0 Å². The maximum Gasteiger partial charge on any atom is 0.286 e. The van der Waals surface area contributed by atoms with Gasteiger partial charge in [-0.1, -0.05) is 24.3 Å². The summed E-state index contributed by atoms with van der Waals surface area (Å²) < 4.78 is 33.8. The van der Waals surface area contributed by atoms with E-state index in [0.29, 0.717) is 11.4 Å².